The summed E-state index contributed by atoms with van der Waals surface area (Å²) in [6.45, 7) is 0. The Morgan fingerprint density at radius 3 is 2.92 bits per heavy atom. The third-order valence-electron chi connectivity index (χ3n) is 2.13. The van der Waals surface area contributed by atoms with Gasteiger partial charge in [0.25, 0.3) is 0 Å². The van der Waals surface area contributed by atoms with Gasteiger partial charge in [-0.2, -0.15) is 0 Å². The molecule has 12 heavy (non-hydrogen) atoms. The molecule has 0 fully saturated rings. The van der Waals surface area contributed by atoms with Gasteiger partial charge in [-0.3, -0.25) is 9.59 Å². The number of hydrogen-bond acceptors (Lipinski definition) is 2. The van der Waals surface area contributed by atoms with Gasteiger partial charge in [0.2, 0.25) is 5.91 Å². The number of rotatable bonds is 0. The van der Waals surface area contributed by atoms with Crippen LogP contribution >= 0.6 is 0 Å². The van der Waals surface area contributed by atoms with E-state index in [1.807, 2.05) is 6.08 Å². The van der Waals surface area contributed by atoms with Crippen LogP contribution in [0.15, 0.2) is 23.4 Å². The van der Waals surface area contributed by atoms with Crippen LogP contribution in [-0.4, -0.2) is 11.7 Å². The van der Waals surface area contributed by atoms with E-state index in [-0.39, 0.29) is 11.7 Å². The number of hydrogen-bond donors (Lipinski definition) is 1. The van der Waals surface area contributed by atoms with Crippen LogP contribution in [0, 0.1) is 0 Å². The molecule has 62 valence electrons. The lowest BCUT2D eigenvalue weighted by Gasteiger charge is -2.20. The summed E-state index contributed by atoms with van der Waals surface area (Å²) in [5.41, 5.74) is 1.50. The van der Waals surface area contributed by atoms with Gasteiger partial charge in [0.05, 0.1) is 0 Å². The zero-order chi connectivity index (χ0) is 8.55. The van der Waals surface area contributed by atoms with Gasteiger partial charge < -0.3 is 5.32 Å². The van der Waals surface area contributed by atoms with E-state index in [0.29, 0.717) is 25.0 Å². The van der Waals surface area contributed by atoms with Gasteiger partial charge >= 0.3 is 0 Å². The molecule has 1 N–H and O–H groups in total. The molecule has 2 rings (SSSR count). The van der Waals surface area contributed by atoms with Crippen molar-refractivity contribution in [2.45, 2.75) is 19.3 Å². The second-order valence-electron chi connectivity index (χ2n) is 2.97. The van der Waals surface area contributed by atoms with Crippen LogP contribution in [0.25, 0.3) is 0 Å². The molecule has 3 nitrogen and oxygen atoms in total. The molecule has 0 bridgehead atoms. The fourth-order valence-electron chi connectivity index (χ4n) is 1.50. The molecule has 0 unspecified atom stereocenters. The van der Waals surface area contributed by atoms with Crippen molar-refractivity contribution in [3.8, 4) is 0 Å². The van der Waals surface area contributed by atoms with Gasteiger partial charge in [0.1, 0.15) is 0 Å². The molecule has 1 aliphatic heterocycles. The first-order chi connectivity index (χ1) is 5.77. The third-order valence-corrected chi connectivity index (χ3v) is 2.13. The molecule has 0 saturated heterocycles. The number of Topliss-reactive ketones (excluding diaryl/α,β-unsaturated/α-hetero) is 1. The van der Waals surface area contributed by atoms with Crippen LogP contribution in [0.1, 0.15) is 19.3 Å². The van der Waals surface area contributed by atoms with Gasteiger partial charge in [-0.1, -0.05) is 6.08 Å². The van der Waals surface area contributed by atoms with Crippen molar-refractivity contribution >= 4 is 11.7 Å². The molecule has 0 saturated carbocycles. The third kappa shape index (κ3) is 1.07. The van der Waals surface area contributed by atoms with Crippen molar-refractivity contribution in [3.63, 3.8) is 0 Å². The SMILES string of the molecule is O=C1CCC2=C(C=CCC2=O)N1. The highest BCUT2D eigenvalue weighted by Gasteiger charge is 2.22. The maximum atomic E-state index is 11.3. The van der Waals surface area contributed by atoms with E-state index in [1.165, 1.54) is 0 Å². The molecule has 0 aromatic rings. The minimum Gasteiger partial charge on any atom is -0.326 e. The van der Waals surface area contributed by atoms with Crippen LogP contribution in [-0.2, 0) is 9.59 Å². The summed E-state index contributed by atoms with van der Waals surface area (Å²) in [6, 6.07) is 0. The lowest BCUT2D eigenvalue weighted by atomic mass is 9.94. The zero-order valence-corrected chi connectivity index (χ0v) is 6.59. The van der Waals surface area contributed by atoms with Gasteiger partial charge in [-0.05, 0) is 12.5 Å². The summed E-state index contributed by atoms with van der Waals surface area (Å²) < 4.78 is 0. The van der Waals surface area contributed by atoms with Crippen molar-refractivity contribution < 1.29 is 9.59 Å². The van der Waals surface area contributed by atoms with Crippen molar-refractivity contribution in [3.05, 3.63) is 23.4 Å². The van der Waals surface area contributed by atoms with Gasteiger partial charge in [0.15, 0.2) is 5.78 Å². The highest BCUT2D eigenvalue weighted by Crippen LogP contribution is 2.21. The Balaban J connectivity index is 2.36. The summed E-state index contributed by atoms with van der Waals surface area (Å²) >= 11 is 0. The van der Waals surface area contributed by atoms with Crippen LogP contribution in [0.3, 0.4) is 0 Å². The van der Waals surface area contributed by atoms with Gasteiger partial charge in [-0.15, -0.1) is 0 Å². The van der Waals surface area contributed by atoms with Crippen LogP contribution in [0.5, 0.6) is 0 Å². The Bertz CT molecular complexity index is 312. The summed E-state index contributed by atoms with van der Waals surface area (Å²) in [5.74, 6) is 0.153. The minimum atomic E-state index is 0.00750. The Morgan fingerprint density at radius 2 is 2.08 bits per heavy atom. The minimum absolute atomic E-state index is 0.00750. The topological polar surface area (TPSA) is 46.2 Å². The van der Waals surface area contributed by atoms with E-state index in [1.54, 1.807) is 6.08 Å². The van der Waals surface area contributed by atoms with E-state index in [2.05, 4.69) is 5.32 Å². The molecule has 1 amide bonds. The summed E-state index contributed by atoms with van der Waals surface area (Å²) in [6.07, 6.45) is 5.12. The number of ketones is 1. The quantitative estimate of drug-likeness (QED) is 0.570. The molecule has 1 aliphatic carbocycles. The Kier molecular flexibility index (Phi) is 1.57. The predicted molar refractivity (Wildman–Crippen MR) is 43.2 cm³/mol. The Morgan fingerprint density at radius 1 is 1.25 bits per heavy atom. The van der Waals surface area contributed by atoms with Crippen molar-refractivity contribution in [1.29, 1.82) is 0 Å². The lowest BCUT2D eigenvalue weighted by Crippen LogP contribution is -2.30. The monoisotopic (exact) mass is 163 g/mol. The number of carbonyl (C=O) groups is 2. The molecule has 3 heteroatoms. The number of amides is 1. The maximum absolute atomic E-state index is 11.3. The Labute approximate surface area is 70.1 Å². The average Bonchev–Trinajstić information content (AvgIpc) is 2.04. The first kappa shape index (κ1) is 7.28. The Hall–Kier alpha value is -1.38. The molecule has 0 radical (unpaired) electrons. The number of nitrogens with one attached hydrogen (secondary N) is 1. The molecule has 0 aromatic carbocycles. The fourth-order valence-corrected chi connectivity index (χ4v) is 1.50. The van der Waals surface area contributed by atoms with Crippen LogP contribution < -0.4 is 5.32 Å². The molecule has 0 spiro atoms. The van der Waals surface area contributed by atoms with Crippen molar-refractivity contribution in [2.75, 3.05) is 0 Å². The van der Waals surface area contributed by atoms with Crippen LogP contribution in [0.4, 0.5) is 0 Å². The molecular formula is C9H9NO2. The maximum Gasteiger partial charge on any atom is 0.224 e. The van der Waals surface area contributed by atoms with E-state index in [4.69, 9.17) is 0 Å². The van der Waals surface area contributed by atoms with Crippen LogP contribution in [0.2, 0.25) is 0 Å². The van der Waals surface area contributed by atoms with Gasteiger partial charge in [0, 0.05) is 24.1 Å². The second kappa shape index (κ2) is 2.59. The second-order valence-corrected chi connectivity index (χ2v) is 2.97. The average molecular weight is 163 g/mol. The molecule has 2 aliphatic rings. The van der Waals surface area contributed by atoms with E-state index in [0.717, 1.165) is 5.57 Å². The standard InChI is InChI=1S/C9H9NO2/c11-8-3-1-2-7-6(8)4-5-9(12)10-7/h1-2H,3-5H2,(H,10,12). The summed E-state index contributed by atoms with van der Waals surface area (Å²) in [5, 5.41) is 2.68. The first-order valence-electron chi connectivity index (χ1n) is 4.00. The smallest absolute Gasteiger partial charge is 0.224 e. The zero-order valence-electron chi connectivity index (χ0n) is 6.59. The molecule has 0 aromatic heterocycles. The molecular weight excluding hydrogens is 154 g/mol. The molecule has 1 heterocycles. The normalized spacial score (nSPS) is 22.3. The fraction of sp³-hybridized carbons (Fsp3) is 0.333. The van der Waals surface area contributed by atoms with Gasteiger partial charge in [-0.25, -0.2) is 0 Å². The first-order valence-corrected chi connectivity index (χ1v) is 4.00. The van der Waals surface area contributed by atoms with E-state index in [9.17, 15) is 9.59 Å². The highest BCUT2D eigenvalue weighted by atomic mass is 16.2. The summed E-state index contributed by atoms with van der Waals surface area (Å²) in [7, 11) is 0. The summed E-state index contributed by atoms with van der Waals surface area (Å²) in [4.78, 5) is 22.2. The van der Waals surface area contributed by atoms with Crippen molar-refractivity contribution in [1.82, 2.24) is 5.32 Å². The number of allylic oxidation sites excluding steroid dienone is 3. The van der Waals surface area contributed by atoms with E-state index < -0.39 is 0 Å². The highest BCUT2D eigenvalue weighted by molar-refractivity contribution is 6.01. The molecule has 0 atom stereocenters. The lowest BCUT2D eigenvalue weighted by molar-refractivity contribution is -0.121. The van der Waals surface area contributed by atoms with E-state index >= 15 is 0 Å². The predicted octanol–water partition coefficient (Wildman–Crippen LogP) is 0.679. The van der Waals surface area contributed by atoms with Crippen molar-refractivity contribution in [2.24, 2.45) is 0 Å². The number of carbonyl (C=O) groups excluding carboxylic acids is 2. The largest absolute Gasteiger partial charge is 0.326 e.